The van der Waals surface area contributed by atoms with E-state index in [0.29, 0.717) is 26.5 Å². The molecule has 0 saturated heterocycles. The van der Waals surface area contributed by atoms with E-state index in [1.807, 2.05) is 6.92 Å². The maximum atomic E-state index is 12.4. The summed E-state index contributed by atoms with van der Waals surface area (Å²) in [5, 5.41) is 21.8. The molecule has 2 amide bonds. The van der Waals surface area contributed by atoms with Crippen LogP contribution < -0.4 is 10.2 Å². The topological polar surface area (TPSA) is 99.0 Å². The van der Waals surface area contributed by atoms with E-state index in [1.165, 1.54) is 39.3 Å². The molecule has 0 atom stereocenters. The van der Waals surface area contributed by atoms with Crippen LogP contribution in [-0.2, 0) is 22.4 Å². The number of anilines is 2. The van der Waals surface area contributed by atoms with E-state index in [-0.39, 0.29) is 23.6 Å². The number of thiophene rings is 1. The van der Waals surface area contributed by atoms with Gasteiger partial charge in [0.05, 0.1) is 11.3 Å². The molecular weight excluding hydrogens is 414 g/mol. The molecule has 1 saturated carbocycles. The number of thioether (sulfide) groups is 1. The molecule has 146 valence electrons. The first-order valence-electron chi connectivity index (χ1n) is 9.23. The quantitative estimate of drug-likeness (QED) is 0.529. The third-order valence-corrected chi connectivity index (χ3v) is 7.96. The van der Waals surface area contributed by atoms with Crippen molar-refractivity contribution in [3.63, 3.8) is 0 Å². The lowest BCUT2D eigenvalue weighted by molar-refractivity contribution is -0.118. The Balaban J connectivity index is 1.36. The number of aromatic nitrogens is 2. The first-order chi connectivity index (χ1) is 13.6. The second-order valence-electron chi connectivity index (χ2n) is 6.71. The van der Waals surface area contributed by atoms with Crippen LogP contribution in [0.25, 0.3) is 0 Å². The Labute approximate surface area is 175 Å². The number of carbonyl (C=O) groups excluding carboxylic acids is 2. The highest BCUT2D eigenvalue weighted by Gasteiger charge is 2.35. The normalized spacial score (nSPS) is 15.1. The molecule has 0 aliphatic heterocycles. The number of fused-ring (bicyclic) bond motifs is 1. The molecule has 0 unspecified atom stereocenters. The molecule has 2 aliphatic carbocycles. The van der Waals surface area contributed by atoms with E-state index in [4.69, 9.17) is 0 Å². The van der Waals surface area contributed by atoms with Crippen molar-refractivity contribution in [2.24, 2.45) is 0 Å². The highest BCUT2D eigenvalue weighted by molar-refractivity contribution is 8.01. The molecule has 2 aromatic heterocycles. The first-order valence-corrected chi connectivity index (χ1v) is 11.9. The second kappa shape index (κ2) is 8.19. The van der Waals surface area contributed by atoms with E-state index in [2.05, 4.69) is 21.6 Å². The van der Waals surface area contributed by atoms with Gasteiger partial charge in [-0.3, -0.25) is 14.5 Å². The Hall–Kier alpha value is -1.96. The number of hydrogen-bond acceptors (Lipinski definition) is 8. The molecule has 4 rings (SSSR count). The average Bonchev–Trinajstić information content (AvgIpc) is 3.09. The van der Waals surface area contributed by atoms with Gasteiger partial charge in [-0.15, -0.1) is 21.5 Å². The zero-order valence-electron chi connectivity index (χ0n) is 15.4. The van der Waals surface area contributed by atoms with Crippen LogP contribution in [0, 0.1) is 11.3 Å². The second-order valence-corrected chi connectivity index (χ2v) is 9.99. The fourth-order valence-electron chi connectivity index (χ4n) is 3.23. The highest BCUT2D eigenvalue weighted by Crippen LogP contribution is 2.39. The lowest BCUT2D eigenvalue weighted by Crippen LogP contribution is -2.32. The third kappa shape index (κ3) is 3.92. The van der Waals surface area contributed by atoms with Crippen molar-refractivity contribution in [2.45, 2.75) is 55.8 Å². The molecule has 0 aromatic carbocycles. The van der Waals surface area contributed by atoms with Crippen LogP contribution in [0.4, 0.5) is 10.1 Å². The molecular formula is C18H19N5O2S3. The number of carbonyl (C=O) groups is 2. The minimum absolute atomic E-state index is 0.0581. The number of nitriles is 1. The van der Waals surface area contributed by atoms with Crippen molar-refractivity contribution in [3.05, 3.63) is 16.0 Å². The van der Waals surface area contributed by atoms with Crippen molar-refractivity contribution in [1.29, 1.82) is 5.26 Å². The molecule has 10 heteroatoms. The van der Waals surface area contributed by atoms with E-state index < -0.39 is 0 Å². The van der Waals surface area contributed by atoms with Crippen molar-refractivity contribution in [1.82, 2.24) is 10.2 Å². The van der Waals surface area contributed by atoms with Gasteiger partial charge in [0.2, 0.25) is 16.9 Å². The predicted molar refractivity (Wildman–Crippen MR) is 111 cm³/mol. The Morgan fingerprint density at radius 2 is 2.14 bits per heavy atom. The maximum Gasteiger partial charge on any atom is 0.235 e. The fraction of sp³-hybridized carbons (Fsp3) is 0.500. The van der Waals surface area contributed by atoms with Crippen LogP contribution in [0.2, 0.25) is 0 Å². The van der Waals surface area contributed by atoms with Gasteiger partial charge < -0.3 is 5.32 Å². The van der Waals surface area contributed by atoms with Crippen LogP contribution in [0.15, 0.2) is 4.34 Å². The summed E-state index contributed by atoms with van der Waals surface area (Å²) in [6.45, 7) is 1.84. The van der Waals surface area contributed by atoms with Crippen LogP contribution >= 0.6 is 34.4 Å². The number of amides is 2. The standard InChI is InChI=1S/C18H19N5O2S3/c1-2-15(25)23(10-6-7-10)17-21-22-18(28-17)26-9-14(24)20-16-12(8-19)11-4-3-5-13(11)27-16/h10H,2-7,9H2,1H3,(H,20,24). The summed E-state index contributed by atoms with van der Waals surface area (Å²) >= 11 is 4.16. The van der Waals surface area contributed by atoms with Gasteiger partial charge in [-0.2, -0.15) is 5.26 Å². The summed E-state index contributed by atoms with van der Waals surface area (Å²) < 4.78 is 0.661. The van der Waals surface area contributed by atoms with Gasteiger partial charge in [0.25, 0.3) is 0 Å². The zero-order chi connectivity index (χ0) is 19.7. The Bertz CT molecular complexity index is 957. The summed E-state index contributed by atoms with van der Waals surface area (Å²) in [5.74, 6) is 0.0808. The van der Waals surface area contributed by atoms with Crippen LogP contribution in [0.3, 0.4) is 0 Å². The minimum Gasteiger partial charge on any atom is -0.316 e. The highest BCUT2D eigenvalue weighted by atomic mass is 32.2. The largest absolute Gasteiger partial charge is 0.316 e. The maximum absolute atomic E-state index is 12.4. The smallest absolute Gasteiger partial charge is 0.235 e. The van der Waals surface area contributed by atoms with Gasteiger partial charge in [-0.05, 0) is 37.7 Å². The average molecular weight is 434 g/mol. The Morgan fingerprint density at radius 3 is 2.86 bits per heavy atom. The first kappa shape index (κ1) is 19.4. The molecule has 2 aliphatic rings. The summed E-state index contributed by atoms with van der Waals surface area (Å²) in [6, 6.07) is 2.48. The zero-order valence-corrected chi connectivity index (χ0v) is 17.8. The molecule has 28 heavy (non-hydrogen) atoms. The Kier molecular flexibility index (Phi) is 5.66. The van der Waals surface area contributed by atoms with E-state index in [0.717, 1.165) is 37.7 Å². The predicted octanol–water partition coefficient (Wildman–Crippen LogP) is 3.60. The van der Waals surface area contributed by atoms with Crippen molar-refractivity contribution in [3.8, 4) is 6.07 Å². The van der Waals surface area contributed by atoms with Gasteiger partial charge in [0, 0.05) is 17.3 Å². The number of aryl methyl sites for hydroxylation is 1. The molecule has 2 aromatic rings. The summed E-state index contributed by atoms with van der Waals surface area (Å²) in [5.41, 5.74) is 1.72. The van der Waals surface area contributed by atoms with Crippen molar-refractivity contribution in [2.75, 3.05) is 16.0 Å². The van der Waals surface area contributed by atoms with E-state index in [1.54, 1.807) is 4.90 Å². The van der Waals surface area contributed by atoms with Crippen LogP contribution in [0.5, 0.6) is 0 Å². The third-order valence-electron chi connectivity index (χ3n) is 4.70. The van der Waals surface area contributed by atoms with Gasteiger partial charge in [0.15, 0.2) is 4.34 Å². The lowest BCUT2D eigenvalue weighted by atomic mass is 10.1. The minimum atomic E-state index is -0.165. The van der Waals surface area contributed by atoms with E-state index in [9.17, 15) is 14.9 Å². The number of hydrogen-bond donors (Lipinski definition) is 1. The van der Waals surface area contributed by atoms with Gasteiger partial charge >= 0.3 is 0 Å². The number of rotatable bonds is 7. The SMILES string of the molecule is CCC(=O)N(c1nnc(SCC(=O)Nc2sc3c(c2C#N)CCC3)s1)C1CC1. The molecule has 1 N–H and O–H groups in total. The molecule has 2 heterocycles. The molecule has 1 fully saturated rings. The van der Waals surface area contributed by atoms with Gasteiger partial charge in [-0.25, -0.2) is 0 Å². The summed E-state index contributed by atoms with van der Waals surface area (Å²) in [4.78, 5) is 27.5. The molecule has 0 bridgehead atoms. The number of nitrogens with zero attached hydrogens (tertiary/aromatic N) is 4. The van der Waals surface area contributed by atoms with E-state index >= 15 is 0 Å². The van der Waals surface area contributed by atoms with Gasteiger partial charge in [-0.1, -0.05) is 30.0 Å². The molecule has 7 nitrogen and oxygen atoms in total. The molecule has 0 radical (unpaired) electrons. The fourth-order valence-corrected chi connectivity index (χ4v) is 6.21. The van der Waals surface area contributed by atoms with Crippen molar-refractivity contribution < 1.29 is 9.59 Å². The summed E-state index contributed by atoms with van der Waals surface area (Å²) in [7, 11) is 0. The monoisotopic (exact) mass is 433 g/mol. The Morgan fingerprint density at radius 1 is 1.32 bits per heavy atom. The molecule has 0 spiro atoms. The van der Waals surface area contributed by atoms with Crippen molar-refractivity contribution >= 4 is 56.4 Å². The number of nitrogens with one attached hydrogen (secondary N) is 1. The lowest BCUT2D eigenvalue weighted by Gasteiger charge is -2.17. The van der Waals surface area contributed by atoms with Gasteiger partial charge in [0.1, 0.15) is 11.1 Å². The summed E-state index contributed by atoms with van der Waals surface area (Å²) in [6.07, 6.45) is 5.43. The van der Waals surface area contributed by atoms with Crippen LogP contribution in [0.1, 0.15) is 48.6 Å². The van der Waals surface area contributed by atoms with Crippen LogP contribution in [-0.4, -0.2) is 33.8 Å².